The van der Waals surface area contributed by atoms with Gasteiger partial charge in [-0.05, 0) is 39.2 Å². The fourth-order valence-corrected chi connectivity index (χ4v) is 3.02. The summed E-state index contributed by atoms with van der Waals surface area (Å²) in [6.07, 6.45) is 7.16. The number of aromatic nitrogens is 4. The van der Waals surface area contributed by atoms with Gasteiger partial charge in [0.2, 0.25) is 0 Å². The van der Waals surface area contributed by atoms with Crippen molar-refractivity contribution in [3.63, 3.8) is 0 Å². The Balaban J connectivity index is 0.00000225. The summed E-state index contributed by atoms with van der Waals surface area (Å²) in [5, 5.41) is 18.6. The Morgan fingerprint density at radius 3 is 2.92 bits per heavy atom. The molecule has 3 rings (SSSR count). The van der Waals surface area contributed by atoms with Crippen LogP contribution in [0.25, 0.3) is 0 Å². The Bertz CT molecular complexity index is 716. The van der Waals surface area contributed by atoms with Crippen molar-refractivity contribution in [3.05, 3.63) is 34.9 Å². The van der Waals surface area contributed by atoms with Crippen LogP contribution in [0, 0.1) is 6.92 Å². The molecule has 1 atom stereocenters. The molecule has 8 heteroatoms. The molecule has 2 heterocycles. The number of halogens is 1. The van der Waals surface area contributed by atoms with E-state index in [1.807, 2.05) is 13.1 Å². The highest BCUT2D eigenvalue weighted by atomic mass is 127. The maximum absolute atomic E-state index is 4.74. The molecule has 0 radical (unpaired) electrons. The Labute approximate surface area is 166 Å². The van der Waals surface area contributed by atoms with Gasteiger partial charge in [-0.15, -0.1) is 24.0 Å². The van der Waals surface area contributed by atoms with Crippen LogP contribution in [0.1, 0.15) is 48.8 Å². The summed E-state index contributed by atoms with van der Waals surface area (Å²) in [5.41, 5.74) is 4.84. The first kappa shape index (κ1) is 19.7. The zero-order valence-corrected chi connectivity index (χ0v) is 17.7. The van der Waals surface area contributed by atoms with Crippen LogP contribution in [0.2, 0.25) is 0 Å². The maximum Gasteiger partial charge on any atom is 0.191 e. The lowest BCUT2D eigenvalue weighted by Crippen LogP contribution is -2.45. The number of hydrogen-bond donors (Lipinski definition) is 3. The zero-order chi connectivity index (χ0) is 17.1. The topological polar surface area (TPSA) is 82.9 Å². The summed E-state index contributed by atoms with van der Waals surface area (Å²) in [4.78, 5) is 4.34. The Hall–Kier alpha value is -1.58. The quantitative estimate of drug-likeness (QED) is 0.374. The fraction of sp³-hybridized carbons (Fsp3) is 0.588. The minimum Gasteiger partial charge on any atom is -0.353 e. The van der Waals surface area contributed by atoms with E-state index in [1.165, 1.54) is 11.3 Å². The molecule has 1 aliphatic carbocycles. The SMILES string of the molecule is CN=C(NCc1cn[nH]c1C)NC1CCc2cn(C(C)C)nc2C1.I. The monoisotopic (exact) mass is 457 g/mol. The summed E-state index contributed by atoms with van der Waals surface area (Å²) in [6.45, 7) is 7.06. The summed E-state index contributed by atoms with van der Waals surface area (Å²) in [6, 6.07) is 0.777. The number of guanidine groups is 1. The molecule has 0 spiro atoms. The predicted molar refractivity (Wildman–Crippen MR) is 110 cm³/mol. The molecule has 0 aliphatic heterocycles. The smallest absolute Gasteiger partial charge is 0.191 e. The van der Waals surface area contributed by atoms with E-state index in [2.05, 4.69) is 50.5 Å². The first-order chi connectivity index (χ1) is 11.6. The van der Waals surface area contributed by atoms with Crippen molar-refractivity contribution < 1.29 is 0 Å². The molecule has 0 saturated carbocycles. The van der Waals surface area contributed by atoms with Crippen molar-refractivity contribution in [1.82, 2.24) is 30.6 Å². The van der Waals surface area contributed by atoms with Gasteiger partial charge < -0.3 is 10.6 Å². The highest BCUT2D eigenvalue weighted by molar-refractivity contribution is 14.0. The van der Waals surface area contributed by atoms with E-state index < -0.39 is 0 Å². The van der Waals surface area contributed by atoms with Crippen molar-refractivity contribution in [1.29, 1.82) is 0 Å². The molecule has 138 valence electrons. The second-order valence-electron chi connectivity index (χ2n) is 6.70. The molecule has 3 N–H and O–H groups in total. The standard InChI is InChI=1S/C17H27N7.HI/c1-11(2)24-10-13-5-6-15(7-16(13)23-24)21-17(18-4)19-8-14-9-20-22-12(14)3;/h9-11,15H,5-8H2,1-4H3,(H,20,22)(H2,18,19,21);1H. The van der Waals surface area contributed by atoms with Gasteiger partial charge in [-0.3, -0.25) is 14.8 Å². The highest BCUT2D eigenvalue weighted by Crippen LogP contribution is 2.21. The van der Waals surface area contributed by atoms with Crippen LogP contribution < -0.4 is 10.6 Å². The van der Waals surface area contributed by atoms with Gasteiger partial charge in [-0.2, -0.15) is 10.2 Å². The second-order valence-corrected chi connectivity index (χ2v) is 6.70. The fourth-order valence-electron chi connectivity index (χ4n) is 3.02. The highest BCUT2D eigenvalue weighted by Gasteiger charge is 2.23. The Morgan fingerprint density at radius 1 is 1.48 bits per heavy atom. The lowest BCUT2D eigenvalue weighted by Gasteiger charge is -2.24. The molecule has 7 nitrogen and oxygen atoms in total. The third-order valence-electron chi connectivity index (χ3n) is 4.57. The number of nitrogens with one attached hydrogen (secondary N) is 3. The minimum atomic E-state index is 0. The number of rotatable bonds is 4. The lowest BCUT2D eigenvalue weighted by molar-refractivity contribution is 0.499. The van der Waals surface area contributed by atoms with Gasteiger partial charge in [-0.1, -0.05) is 0 Å². The molecule has 1 aliphatic rings. The third-order valence-corrected chi connectivity index (χ3v) is 4.57. The molecule has 0 bridgehead atoms. The van der Waals surface area contributed by atoms with Crippen LogP contribution in [-0.2, 0) is 19.4 Å². The van der Waals surface area contributed by atoms with Crippen LogP contribution in [0.5, 0.6) is 0 Å². The summed E-state index contributed by atoms with van der Waals surface area (Å²) in [7, 11) is 1.80. The Kier molecular flexibility index (Phi) is 6.86. The molecule has 0 amide bonds. The molecular weight excluding hydrogens is 429 g/mol. The number of aryl methyl sites for hydroxylation is 2. The molecule has 2 aromatic rings. The number of aliphatic imine (C=N–C) groups is 1. The first-order valence-electron chi connectivity index (χ1n) is 8.59. The molecule has 2 aromatic heterocycles. The van der Waals surface area contributed by atoms with Gasteiger partial charge in [0.1, 0.15) is 0 Å². The van der Waals surface area contributed by atoms with E-state index in [0.717, 1.165) is 36.5 Å². The van der Waals surface area contributed by atoms with Gasteiger partial charge >= 0.3 is 0 Å². The number of aromatic amines is 1. The number of fused-ring (bicyclic) bond motifs is 1. The van der Waals surface area contributed by atoms with Gasteiger partial charge in [0, 0.05) is 49.6 Å². The van der Waals surface area contributed by atoms with Crippen molar-refractivity contribution in [2.45, 2.75) is 58.7 Å². The molecular formula is C17H28IN7. The number of hydrogen-bond acceptors (Lipinski definition) is 3. The van der Waals surface area contributed by atoms with E-state index in [4.69, 9.17) is 5.10 Å². The molecule has 0 aromatic carbocycles. The normalized spacial score (nSPS) is 17.2. The van der Waals surface area contributed by atoms with Gasteiger partial charge in [0.05, 0.1) is 11.9 Å². The van der Waals surface area contributed by atoms with Crippen LogP contribution in [0.15, 0.2) is 17.4 Å². The second kappa shape index (κ2) is 8.68. The molecule has 25 heavy (non-hydrogen) atoms. The summed E-state index contributed by atoms with van der Waals surface area (Å²) >= 11 is 0. The number of H-pyrrole nitrogens is 1. The van der Waals surface area contributed by atoms with Crippen LogP contribution in [0.4, 0.5) is 0 Å². The predicted octanol–water partition coefficient (Wildman–Crippen LogP) is 2.34. The average molecular weight is 457 g/mol. The van der Waals surface area contributed by atoms with E-state index in [9.17, 15) is 0 Å². The van der Waals surface area contributed by atoms with Crippen molar-refractivity contribution in [3.8, 4) is 0 Å². The third kappa shape index (κ3) is 4.74. The van der Waals surface area contributed by atoms with E-state index in [0.29, 0.717) is 18.6 Å². The van der Waals surface area contributed by atoms with Gasteiger partial charge in [0.25, 0.3) is 0 Å². The first-order valence-corrected chi connectivity index (χ1v) is 8.59. The molecule has 0 saturated heterocycles. The summed E-state index contributed by atoms with van der Waals surface area (Å²) in [5.74, 6) is 0.826. The number of nitrogens with zero attached hydrogens (tertiary/aromatic N) is 4. The maximum atomic E-state index is 4.74. The van der Waals surface area contributed by atoms with Crippen LogP contribution in [-0.4, -0.2) is 39.0 Å². The van der Waals surface area contributed by atoms with Crippen LogP contribution >= 0.6 is 24.0 Å². The summed E-state index contributed by atoms with van der Waals surface area (Å²) < 4.78 is 2.07. The zero-order valence-electron chi connectivity index (χ0n) is 15.3. The molecule has 0 fully saturated rings. The molecule has 1 unspecified atom stereocenters. The van der Waals surface area contributed by atoms with E-state index >= 15 is 0 Å². The van der Waals surface area contributed by atoms with Gasteiger partial charge in [-0.25, -0.2) is 0 Å². The lowest BCUT2D eigenvalue weighted by atomic mass is 9.94. The van der Waals surface area contributed by atoms with Crippen molar-refractivity contribution in [2.24, 2.45) is 4.99 Å². The largest absolute Gasteiger partial charge is 0.353 e. The van der Waals surface area contributed by atoms with E-state index in [-0.39, 0.29) is 24.0 Å². The Morgan fingerprint density at radius 2 is 2.28 bits per heavy atom. The minimum absolute atomic E-state index is 0. The van der Waals surface area contributed by atoms with Crippen molar-refractivity contribution >= 4 is 29.9 Å². The van der Waals surface area contributed by atoms with E-state index in [1.54, 1.807) is 7.05 Å². The van der Waals surface area contributed by atoms with Crippen LogP contribution in [0.3, 0.4) is 0 Å². The van der Waals surface area contributed by atoms with Gasteiger partial charge in [0.15, 0.2) is 5.96 Å². The average Bonchev–Trinajstić information content (AvgIpc) is 3.17. The van der Waals surface area contributed by atoms with Crippen molar-refractivity contribution in [2.75, 3.05) is 7.05 Å².